The number of likely N-dealkylation sites (N-methyl/N-ethyl adjacent to an activating group) is 1. The van der Waals surface area contributed by atoms with Gasteiger partial charge in [0, 0.05) is 38.1 Å². The predicted molar refractivity (Wildman–Crippen MR) is 110 cm³/mol. The van der Waals surface area contributed by atoms with E-state index in [0.29, 0.717) is 28.6 Å². The third-order valence-corrected chi connectivity index (χ3v) is 3.98. The van der Waals surface area contributed by atoms with E-state index < -0.39 is 0 Å². The Bertz CT molecular complexity index is 899. The van der Waals surface area contributed by atoms with Gasteiger partial charge in [0.1, 0.15) is 10.8 Å². The van der Waals surface area contributed by atoms with Crippen molar-refractivity contribution in [1.82, 2.24) is 15.3 Å². The highest BCUT2D eigenvalue weighted by Gasteiger charge is 2.10. The van der Waals surface area contributed by atoms with Crippen LogP contribution >= 0.6 is 11.6 Å². The fourth-order valence-corrected chi connectivity index (χ4v) is 2.46. The van der Waals surface area contributed by atoms with Gasteiger partial charge in [-0.1, -0.05) is 11.6 Å². The number of halogens is 1. The highest BCUT2D eigenvalue weighted by molar-refractivity contribution is 6.32. The molecule has 0 saturated carbocycles. The summed E-state index contributed by atoms with van der Waals surface area (Å²) in [5.41, 5.74) is 2.29. The molecule has 1 heterocycles. The van der Waals surface area contributed by atoms with Crippen LogP contribution in [0.15, 0.2) is 30.2 Å². The van der Waals surface area contributed by atoms with Crippen molar-refractivity contribution in [1.29, 1.82) is 0 Å². The zero-order valence-electron chi connectivity index (χ0n) is 16.1. The van der Waals surface area contributed by atoms with E-state index in [4.69, 9.17) is 16.3 Å². The maximum atomic E-state index is 11.4. The van der Waals surface area contributed by atoms with Gasteiger partial charge in [0.05, 0.1) is 6.20 Å². The fourth-order valence-electron chi connectivity index (χ4n) is 2.32. The summed E-state index contributed by atoms with van der Waals surface area (Å²) in [4.78, 5) is 32.9. The molecular formula is C19H22ClN5O3. The van der Waals surface area contributed by atoms with Gasteiger partial charge < -0.3 is 20.3 Å². The first kappa shape index (κ1) is 21.2. The molecule has 2 aromatic rings. The van der Waals surface area contributed by atoms with E-state index in [9.17, 15) is 9.59 Å². The molecule has 0 bridgehead atoms. The number of aromatic nitrogens is 2. The van der Waals surface area contributed by atoms with Crippen molar-refractivity contribution in [2.45, 2.75) is 6.92 Å². The van der Waals surface area contributed by atoms with Gasteiger partial charge in [0.15, 0.2) is 24.5 Å². The maximum Gasteiger partial charge on any atom is 0.257 e. The number of aldehydes is 1. The van der Waals surface area contributed by atoms with Crippen LogP contribution in [0.1, 0.15) is 11.4 Å². The average molecular weight is 404 g/mol. The van der Waals surface area contributed by atoms with E-state index in [2.05, 4.69) is 20.6 Å². The zero-order chi connectivity index (χ0) is 20.7. The zero-order valence-corrected chi connectivity index (χ0v) is 16.9. The Labute approximate surface area is 168 Å². The van der Waals surface area contributed by atoms with Crippen LogP contribution < -0.4 is 15.5 Å². The summed E-state index contributed by atoms with van der Waals surface area (Å²) in [6.07, 6.45) is 3.66. The maximum absolute atomic E-state index is 11.4. The first-order valence-corrected chi connectivity index (χ1v) is 8.79. The van der Waals surface area contributed by atoms with Crippen molar-refractivity contribution in [3.05, 3.63) is 46.6 Å². The lowest BCUT2D eigenvalue weighted by molar-refractivity contribution is -0.124. The normalized spacial score (nSPS) is 11.0. The van der Waals surface area contributed by atoms with E-state index in [1.165, 1.54) is 13.2 Å². The molecule has 0 aliphatic rings. The monoisotopic (exact) mass is 403 g/mol. The average Bonchev–Trinajstić information content (AvgIpc) is 2.67. The van der Waals surface area contributed by atoms with Crippen LogP contribution in [0.4, 0.5) is 17.2 Å². The lowest BCUT2D eigenvalue weighted by Crippen LogP contribution is -2.23. The third-order valence-electron chi connectivity index (χ3n) is 3.70. The molecule has 0 radical (unpaired) electrons. The largest absolute Gasteiger partial charge is 0.480 e. The standard InChI is InChI=1S/C19H22ClN5O3/c1-12-22-9-16(20)19(23-12)24-14-5-6-17(25(3)4)13(7-14)8-15(10-26)28-11-18(27)21-2/h5-10H,11H2,1-4H3,(H,21,27)(H,22,23,24)/b15-8+. The van der Waals surface area contributed by atoms with Gasteiger partial charge >= 0.3 is 0 Å². The first-order valence-electron chi connectivity index (χ1n) is 8.41. The highest BCUT2D eigenvalue weighted by atomic mass is 35.5. The van der Waals surface area contributed by atoms with Crippen molar-refractivity contribution >= 4 is 47.1 Å². The molecule has 0 saturated heterocycles. The van der Waals surface area contributed by atoms with Crippen molar-refractivity contribution < 1.29 is 14.3 Å². The quantitative estimate of drug-likeness (QED) is 0.397. The van der Waals surface area contributed by atoms with E-state index in [-0.39, 0.29) is 18.3 Å². The lowest BCUT2D eigenvalue weighted by Gasteiger charge is -2.18. The number of rotatable bonds is 8. The van der Waals surface area contributed by atoms with E-state index >= 15 is 0 Å². The Morgan fingerprint density at radius 1 is 1.36 bits per heavy atom. The second-order valence-electron chi connectivity index (χ2n) is 6.03. The molecule has 0 spiro atoms. The molecule has 8 nitrogen and oxygen atoms in total. The van der Waals surface area contributed by atoms with Crippen LogP contribution in [0, 0.1) is 6.92 Å². The van der Waals surface area contributed by atoms with Gasteiger partial charge in [-0.3, -0.25) is 9.59 Å². The molecule has 2 rings (SSSR count). The molecule has 2 N–H and O–H groups in total. The summed E-state index contributed by atoms with van der Waals surface area (Å²) in [6, 6.07) is 5.58. The van der Waals surface area contributed by atoms with Gasteiger partial charge in [0.2, 0.25) is 0 Å². The molecule has 0 unspecified atom stereocenters. The van der Waals surface area contributed by atoms with Crippen LogP contribution in [-0.2, 0) is 14.3 Å². The molecule has 9 heteroatoms. The fraction of sp³-hybridized carbons (Fsp3) is 0.263. The summed E-state index contributed by atoms with van der Waals surface area (Å²) in [7, 11) is 5.27. The Balaban J connectivity index is 2.36. The Kier molecular flexibility index (Phi) is 7.34. The Morgan fingerprint density at radius 2 is 2.11 bits per heavy atom. The van der Waals surface area contributed by atoms with Gasteiger partial charge in [-0.2, -0.15) is 0 Å². The molecule has 148 valence electrons. The Morgan fingerprint density at radius 3 is 2.75 bits per heavy atom. The SMILES string of the molecule is CNC(=O)CO/C(C=O)=C/c1cc(Nc2nc(C)ncc2Cl)ccc1N(C)C. The number of benzene rings is 1. The number of carbonyl (C=O) groups excluding carboxylic acids is 2. The molecule has 0 atom stereocenters. The van der Waals surface area contributed by atoms with Crippen molar-refractivity contribution in [2.75, 3.05) is 38.0 Å². The number of carbonyl (C=O) groups is 2. The molecule has 0 aliphatic heterocycles. The van der Waals surface area contributed by atoms with E-state index in [0.717, 1.165) is 11.3 Å². The highest BCUT2D eigenvalue weighted by Crippen LogP contribution is 2.28. The van der Waals surface area contributed by atoms with Gasteiger partial charge in [-0.25, -0.2) is 9.97 Å². The lowest BCUT2D eigenvalue weighted by atomic mass is 10.1. The van der Waals surface area contributed by atoms with Crippen LogP contribution in [-0.4, -0.2) is 49.9 Å². The van der Waals surface area contributed by atoms with Crippen LogP contribution in [0.25, 0.3) is 6.08 Å². The second-order valence-corrected chi connectivity index (χ2v) is 6.44. The molecule has 1 aromatic heterocycles. The molecular weight excluding hydrogens is 382 g/mol. The number of nitrogens with one attached hydrogen (secondary N) is 2. The smallest absolute Gasteiger partial charge is 0.257 e. The van der Waals surface area contributed by atoms with Crippen molar-refractivity contribution in [3.8, 4) is 0 Å². The first-order chi connectivity index (χ1) is 13.3. The minimum atomic E-state index is -0.329. The minimum absolute atomic E-state index is 0.0414. The summed E-state index contributed by atoms with van der Waals surface area (Å²) in [5, 5.41) is 5.97. The summed E-state index contributed by atoms with van der Waals surface area (Å²) < 4.78 is 5.28. The number of anilines is 3. The number of allylic oxidation sites excluding steroid dienone is 1. The second kappa shape index (κ2) is 9.70. The molecule has 0 fully saturated rings. The van der Waals surface area contributed by atoms with Gasteiger partial charge in [-0.05, 0) is 31.2 Å². The van der Waals surface area contributed by atoms with E-state index in [1.807, 2.05) is 37.2 Å². The van der Waals surface area contributed by atoms with E-state index in [1.54, 1.807) is 13.0 Å². The minimum Gasteiger partial charge on any atom is -0.480 e. The topological polar surface area (TPSA) is 96.4 Å². The number of nitrogens with zero attached hydrogens (tertiary/aromatic N) is 3. The van der Waals surface area contributed by atoms with Crippen molar-refractivity contribution in [3.63, 3.8) is 0 Å². The number of hydrogen-bond donors (Lipinski definition) is 2. The summed E-state index contributed by atoms with van der Waals surface area (Å²) in [6.45, 7) is 1.52. The predicted octanol–water partition coefficient (Wildman–Crippen LogP) is 2.55. The molecule has 0 aliphatic carbocycles. The molecule has 28 heavy (non-hydrogen) atoms. The number of hydrogen-bond acceptors (Lipinski definition) is 7. The summed E-state index contributed by atoms with van der Waals surface area (Å²) >= 11 is 6.15. The number of ether oxygens (including phenoxy) is 1. The number of aryl methyl sites for hydroxylation is 1. The van der Waals surface area contributed by atoms with Crippen LogP contribution in [0.3, 0.4) is 0 Å². The third kappa shape index (κ3) is 5.68. The van der Waals surface area contributed by atoms with Gasteiger partial charge in [-0.15, -0.1) is 0 Å². The molecule has 1 amide bonds. The van der Waals surface area contributed by atoms with Crippen LogP contribution in [0.5, 0.6) is 0 Å². The summed E-state index contributed by atoms with van der Waals surface area (Å²) in [5.74, 6) is 0.778. The van der Waals surface area contributed by atoms with Crippen LogP contribution in [0.2, 0.25) is 5.02 Å². The van der Waals surface area contributed by atoms with Crippen molar-refractivity contribution in [2.24, 2.45) is 0 Å². The molecule has 1 aromatic carbocycles. The number of amides is 1. The Hall–Kier alpha value is -3.13. The van der Waals surface area contributed by atoms with Gasteiger partial charge in [0.25, 0.3) is 5.91 Å².